The van der Waals surface area contributed by atoms with Gasteiger partial charge in [-0.3, -0.25) is 0 Å². The molecule has 0 radical (unpaired) electrons. The molecule has 0 unspecified atom stereocenters. The van der Waals surface area contributed by atoms with Crippen LogP contribution in [0.2, 0.25) is 0 Å². The van der Waals surface area contributed by atoms with Gasteiger partial charge in [-0.25, -0.2) is 4.98 Å². The zero-order valence-corrected chi connectivity index (χ0v) is 15.1. The van der Waals surface area contributed by atoms with E-state index in [-0.39, 0.29) is 0 Å². The van der Waals surface area contributed by atoms with Gasteiger partial charge in [0.15, 0.2) is 5.16 Å². The molecule has 0 N–H and O–H groups in total. The third kappa shape index (κ3) is 3.30. The number of fused-ring (bicyclic) bond motifs is 1. The van der Waals surface area contributed by atoms with Crippen LogP contribution < -0.4 is 0 Å². The Bertz CT molecular complexity index is 1000. The second-order valence-electron chi connectivity index (χ2n) is 6.06. The van der Waals surface area contributed by atoms with Crippen LogP contribution in [0, 0.1) is 6.92 Å². The van der Waals surface area contributed by atoms with Crippen LogP contribution in [0.5, 0.6) is 0 Å². The molecule has 25 heavy (non-hydrogen) atoms. The van der Waals surface area contributed by atoms with E-state index in [0.29, 0.717) is 0 Å². The summed E-state index contributed by atoms with van der Waals surface area (Å²) >= 11 is 1.67. The summed E-state index contributed by atoms with van der Waals surface area (Å²) in [5, 5.41) is 9.60. The van der Waals surface area contributed by atoms with Crippen LogP contribution in [-0.2, 0) is 19.2 Å². The number of benzene rings is 1. The van der Waals surface area contributed by atoms with Crippen molar-refractivity contribution in [2.75, 3.05) is 0 Å². The van der Waals surface area contributed by atoms with Gasteiger partial charge in [0.05, 0.1) is 5.69 Å². The lowest BCUT2D eigenvalue weighted by molar-refractivity contribution is 0.748. The number of pyridine rings is 1. The van der Waals surface area contributed by atoms with E-state index < -0.39 is 0 Å². The van der Waals surface area contributed by atoms with E-state index in [4.69, 9.17) is 4.98 Å². The summed E-state index contributed by atoms with van der Waals surface area (Å²) in [5.41, 5.74) is 4.49. The smallest absolute Gasteiger partial charge is 0.191 e. The van der Waals surface area contributed by atoms with Crippen molar-refractivity contribution in [3.63, 3.8) is 0 Å². The number of aromatic nitrogens is 5. The maximum absolute atomic E-state index is 4.72. The highest BCUT2D eigenvalue weighted by Crippen LogP contribution is 2.22. The maximum Gasteiger partial charge on any atom is 0.191 e. The first-order valence-corrected chi connectivity index (χ1v) is 9.17. The van der Waals surface area contributed by atoms with Gasteiger partial charge in [-0.1, -0.05) is 48.2 Å². The van der Waals surface area contributed by atoms with E-state index in [0.717, 1.165) is 34.5 Å². The van der Waals surface area contributed by atoms with E-state index in [1.54, 1.807) is 11.8 Å². The number of nitrogens with zero attached hydrogens (tertiary/aromatic N) is 5. The summed E-state index contributed by atoms with van der Waals surface area (Å²) in [6, 6.07) is 14.5. The number of aryl methyl sites for hydroxylation is 1. The predicted octanol–water partition coefficient (Wildman–Crippen LogP) is 3.65. The highest BCUT2D eigenvalue weighted by molar-refractivity contribution is 7.98. The lowest BCUT2D eigenvalue weighted by Crippen LogP contribution is -2.00. The molecule has 0 saturated heterocycles. The molecule has 0 aliphatic carbocycles. The van der Waals surface area contributed by atoms with Gasteiger partial charge >= 0.3 is 0 Å². The highest BCUT2D eigenvalue weighted by atomic mass is 32.2. The van der Waals surface area contributed by atoms with Crippen LogP contribution in [-0.4, -0.2) is 24.1 Å². The molecule has 0 fully saturated rings. The Kier molecular flexibility index (Phi) is 4.28. The van der Waals surface area contributed by atoms with Gasteiger partial charge in [0.2, 0.25) is 0 Å². The normalized spacial score (nSPS) is 11.3. The van der Waals surface area contributed by atoms with Crippen molar-refractivity contribution in [2.45, 2.75) is 24.3 Å². The minimum absolute atomic E-state index is 0.776. The van der Waals surface area contributed by atoms with Crippen LogP contribution in [0.25, 0.3) is 5.65 Å². The first-order valence-electron chi connectivity index (χ1n) is 8.19. The predicted molar refractivity (Wildman–Crippen MR) is 99.7 cm³/mol. The summed E-state index contributed by atoms with van der Waals surface area (Å²) < 4.78 is 4.14. The molecule has 126 valence electrons. The molecular weight excluding hydrogens is 330 g/mol. The summed E-state index contributed by atoms with van der Waals surface area (Å²) in [5.74, 6) is 1.75. The molecule has 3 aromatic heterocycles. The van der Waals surface area contributed by atoms with Crippen LogP contribution in [0.3, 0.4) is 0 Å². The lowest BCUT2D eigenvalue weighted by atomic mass is 10.1. The third-order valence-corrected chi connectivity index (χ3v) is 5.26. The van der Waals surface area contributed by atoms with E-state index in [9.17, 15) is 0 Å². The summed E-state index contributed by atoms with van der Waals surface area (Å²) in [6.07, 6.45) is 4.90. The number of imidazole rings is 1. The van der Waals surface area contributed by atoms with Crippen LogP contribution >= 0.6 is 11.8 Å². The fraction of sp³-hybridized carbons (Fsp3) is 0.211. The van der Waals surface area contributed by atoms with E-state index in [1.165, 1.54) is 11.1 Å². The number of rotatable bonds is 5. The summed E-state index contributed by atoms with van der Waals surface area (Å²) in [6.45, 7) is 2.08. The fourth-order valence-corrected chi connectivity index (χ4v) is 3.63. The van der Waals surface area contributed by atoms with E-state index >= 15 is 0 Å². The molecule has 0 atom stereocenters. The number of hydrogen-bond acceptors (Lipinski definition) is 4. The molecular formula is C19H19N5S. The van der Waals surface area contributed by atoms with Crippen molar-refractivity contribution >= 4 is 17.4 Å². The Morgan fingerprint density at radius 3 is 2.68 bits per heavy atom. The Morgan fingerprint density at radius 1 is 1.04 bits per heavy atom. The molecule has 4 rings (SSSR count). The molecule has 0 spiro atoms. The molecule has 6 heteroatoms. The van der Waals surface area contributed by atoms with Gasteiger partial charge in [0.25, 0.3) is 0 Å². The zero-order chi connectivity index (χ0) is 17.2. The molecule has 5 nitrogen and oxygen atoms in total. The lowest BCUT2D eigenvalue weighted by Gasteiger charge is -2.03. The Hall–Kier alpha value is -2.60. The van der Waals surface area contributed by atoms with Crippen molar-refractivity contribution < 1.29 is 0 Å². The maximum atomic E-state index is 4.72. The minimum Gasteiger partial charge on any atom is -0.309 e. The number of thioether (sulfide) groups is 1. The second-order valence-corrected chi connectivity index (χ2v) is 7.01. The molecule has 0 aliphatic rings. The molecule has 3 heterocycles. The fourth-order valence-electron chi connectivity index (χ4n) is 2.82. The average Bonchev–Trinajstić information content (AvgIpc) is 3.19. The highest BCUT2D eigenvalue weighted by Gasteiger charge is 2.11. The van der Waals surface area contributed by atoms with Crippen LogP contribution in [0.1, 0.15) is 22.6 Å². The van der Waals surface area contributed by atoms with Gasteiger partial charge in [-0.2, -0.15) is 0 Å². The topological polar surface area (TPSA) is 48.0 Å². The SMILES string of the molecule is Cc1cccn2cc(CSc3nnc(Cc4ccccc4)n3C)nc12. The Morgan fingerprint density at radius 2 is 1.88 bits per heavy atom. The third-order valence-electron chi connectivity index (χ3n) is 4.21. The van der Waals surface area contributed by atoms with Crippen molar-refractivity contribution in [1.82, 2.24) is 24.1 Å². The Labute approximate surface area is 150 Å². The molecule has 0 bridgehead atoms. The van der Waals surface area contributed by atoms with Crippen molar-refractivity contribution in [1.29, 1.82) is 0 Å². The quantitative estimate of drug-likeness (QED) is 0.516. The Balaban J connectivity index is 1.48. The molecule has 1 aromatic carbocycles. The summed E-state index contributed by atoms with van der Waals surface area (Å²) in [4.78, 5) is 4.72. The van der Waals surface area contributed by atoms with Crippen molar-refractivity contribution in [3.05, 3.63) is 77.5 Å². The van der Waals surface area contributed by atoms with Crippen molar-refractivity contribution in [2.24, 2.45) is 7.05 Å². The van der Waals surface area contributed by atoms with Crippen LogP contribution in [0.4, 0.5) is 0 Å². The average molecular weight is 349 g/mol. The first kappa shape index (κ1) is 15.9. The van der Waals surface area contributed by atoms with Gasteiger partial charge in [0, 0.05) is 31.6 Å². The molecule has 4 aromatic rings. The minimum atomic E-state index is 0.776. The molecule has 0 saturated carbocycles. The van der Waals surface area contributed by atoms with E-state index in [2.05, 4.69) is 50.5 Å². The van der Waals surface area contributed by atoms with Gasteiger partial charge in [-0.05, 0) is 24.1 Å². The zero-order valence-electron chi connectivity index (χ0n) is 14.3. The monoisotopic (exact) mass is 349 g/mol. The van der Waals surface area contributed by atoms with Crippen molar-refractivity contribution in [3.8, 4) is 0 Å². The number of hydrogen-bond donors (Lipinski definition) is 0. The van der Waals surface area contributed by atoms with Gasteiger partial charge in [0.1, 0.15) is 11.5 Å². The molecule has 0 aliphatic heterocycles. The standard InChI is InChI=1S/C19H19N5S/c1-14-7-6-10-24-12-16(20-18(14)24)13-25-19-22-21-17(23(19)2)11-15-8-4-3-5-9-15/h3-10,12H,11,13H2,1-2H3. The van der Waals surface area contributed by atoms with Gasteiger partial charge in [-0.15, -0.1) is 10.2 Å². The second kappa shape index (κ2) is 6.72. The summed E-state index contributed by atoms with van der Waals surface area (Å²) in [7, 11) is 2.02. The van der Waals surface area contributed by atoms with E-state index in [1.807, 2.05) is 37.5 Å². The largest absolute Gasteiger partial charge is 0.309 e. The first-order chi connectivity index (χ1) is 12.2. The molecule has 0 amide bonds. The van der Waals surface area contributed by atoms with Gasteiger partial charge < -0.3 is 8.97 Å². The van der Waals surface area contributed by atoms with Crippen LogP contribution in [0.15, 0.2) is 60.0 Å².